The van der Waals surface area contributed by atoms with E-state index in [2.05, 4.69) is 16.0 Å². The van der Waals surface area contributed by atoms with Gasteiger partial charge in [0.25, 0.3) is 5.91 Å². The molecular formula is C15H17N2O2. The van der Waals surface area contributed by atoms with Gasteiger partial charge in [0.05, 0.1) is 23.1 Å². The number of hydrogen-bond donors (Lipinski definition) is 1. The van der Waals surface area contributed by atoms with Crippen LogP contribution in [-0.4, -0.2) is 24.1 Å². The second kappa shape index (κ2) is 4.61. The van der Waals surface area contributed by atoms with Crippen molar-refractivity contribution in [3.05, 3.63) is 30.0 Å². The Morgan fingerprint density at radius 2 is 2.32 bits per heavy atom. The standard InChI is InChI=1S/C15H17N2O2/c1-3-19-13-6-4-5-12-14(13)11(15(18)16-2)9-17(12)10-7-8-10/h5-6,9-10H,3,7-8H2,1-2H3,(H,16,18). The summed E-state index contributed by atoms with van der Waals surface area (Å²) >= 11 is 0. The van der Waals surface area contributed by atoms with Gasteiger partial charge < -0.3 is 14.6 Å². The molecule has 1 heterocycles. The predicted octanol–water partition coefficient (Wildman–Crippen LogP) is 2.53. The lowest BCUT2D eigenvalue weighted by molar-refractivity contribution is 0.0964. The maximum atomic E-state index is 12.1. The van der Waals surface area contributed by atoms with Gasteiger partial charge >= 0.3 is 0 Å². The van der Waals surface area contributed by atoms with Crippen LogP contribution in [0.15, 0.2) is 18.3 Å². The molecule has 4 heteroatoms. The number of rotatable bonds is 4. The van der Waals surface area contributed by atoms with E-state index in [0.29, 0.717) is 18.2 Å². The Labute approximate surface area is 112 Å². The van der Waals surface area contributed by atoms with E-state index >= 15 is 0 Å². The summed E-state index contributed by atoms with van der Waals surface area (Å²) in [6.45, 7) is 2.52. The molecule has 4 nitrogen and oxygen atoms in total. The SMILES string of the molecule is CCOc1c[c]cc2c1c(C(=O)NC)cn2C1CC1. The highest BCUT2D eigenvalue weighted by atomic mass is 16.5. The van der Waals surface area contributed by atoms with Crippen molar-refractivity contribution in [1.82, 2.24) is 9.88 Å². The molecule has 1 aromatic heterocycles. The van der Waals surface area contributed by atoms with Gasteiger partial charge in [-0.25, -0.2) is 0 Å². The first-order valence-electron chi connectivity index (χ1n) is 6.65. The topological polar surface area (TPSA) is 43.3 Å². The van der Waals surface area contributed by atoms with E-state index in [1.807, 2.05) is 19.2 Å². The van der Waals surface area contributed by atoms with E-state index < -0.39 is 0 Å². The maximum Gasteiger partial charge on any atom is 0.253 e. The largest absolute Gasteiger partial charge is 0.493 e. The minimum Gasteiger partial charge on any atom is -0.493 e. The van der Waals surface area contributed by atoms with Crippen LogP contribution in [0, 0.1) is 6.07 Å². The zero-order chi connectivity index (χ0) is 13.4. The first-order chi connectivity index (χ1) is 9.26. The molecule has 0 unspecified atom stereocenters. The third-order valence-corrected chi connectivity index (χ3v) is 3.46. The molecule has 1 aliphatic carbocycles. The molecule has 1 amide bonds. The van der Waals surface area contributed by atoms with Crippen LogP contribution in [0.1, 0.15) is 36.2 Å². The van der Waals surface area contributed by atoms with Gasteiger partial charge in [-0.3, -0.25) is 4.79 Å². The van der Waals surface area contributed by atoms with E-state index in [-0.39, 0.29) is 5.91 Å². The molecule has 1 aliphatic rings. The number of ether oxygens (including phenoxy) is 1. The number of carbonyl (C=O) groups excluding carboxylic acids is 1. The molecule has 0 saturated heterocycles. The smallest absolute Gasteiger partial charge is 0.253 e. The summed E-state index contributed by atoms with van der Waals surface area (Å²) in [5.41, 5.74) is 1.72. The molecule has 0 aliphatic heterocycles. The highest BCUT2D eigenvalue weighted by molar-refractivity contribution is 6.09. The van der Waals surface area contributed by atoms with Crippen molar-refractivity contribution in [3.8, 4) is 5.75 Å². The summed E-state index contributed by atoms with van der Waals surface area (Å²) in [4.78, 5) is 12.1. The molecule has 1 fully saturated rings. The van der Waals surface area contributed by atoms with Crippen LogP contribution in [0.5, 0.6) is 5.75 Å². The quantitative estimate of drug-likeness (QED) is 0.914. The molecule has 99 valence electrons. The van der Waals surface area contributed by atoms with Crippen LogP contribution in [0.4, 0.5) is 0 Å². The average molecular weight is 257 g/mol. The van der Waals surface area contributed by atoms with E-state index in [0.717, 1.165) is 16.7 Å². The van der Waals surface area contributed by atoms with Crippen LogP contribution in [-0.2, 0) is 0 Å². The van der Waals surface area contributed by atoms with Crippen molar-refractivity contribution < 1.29 is 9.53 Å². The second-order valence-corrected chi connectivity index (χ2v) is 4.77. The Balaban J connectivity index is 2.24. The summed E-state index contributed by atoms with van der Waals surface area (Å²) < 4.78 is 7.82. The van der Waals surface area contributed by atoms with Gasteiger partial charge in [-0.15, -0.1) is 0 Å². The van der Waals surface area contributed by atoms with Crippen molar-refractivity contribution in [2.75, 3.05) is 13.7 Å². The normalized spacial score (nSPS) is 14.6. The van der Waals surface area contributed by atoms with E-state index in [9.17, 15) is 4.79 Å². The summed E-state index contributed by atoms with van der Waals surface area (Å²) in [7, 11) is 1.65. The fraction of sp³-hybridized carbons (Fsp3) is 0.400. The summed E-state index contributed by atoms with van der Waals surface area (Å²) in [5.74, 6) is 0.662. The molecule has 1 aromatic carbocycles. The zero-order valence-electron chi connectivity index (χ0n) is 11.2. The molecular weight excluding hydrogens is 240 g/mol. The van der Waals surface area contributed by atoms with Gasteiger partial charge in [-0.1, -0.05) is 0 Å². The molecule has 0 bridgehead atoms. The zero-order valence-corrected chi connectivity index (χ0v) is 11.2. The lowest BCUT2D eigenvalue weighted by Crippen LogP contribution is -2.17. The lowest BCUT2D eigenvalue weighted by atomic mass is 10.1. The number of nitrogens with zero attached hydrogens (tertiary/aromatic N) is 1. The van der Waals surface area contributed by atoms with Crippen LogP contribution >= 0.6 is 0 Å². The molecule has 19 heavy (non-hydrogen) atoms. The molecule has 1 saturated carbocycles. The number of nitrogens with one attached hydrogen (secondary N) is 1. The number of hydrogen-bond acceptors (Lipinski definition) is 2. The second-order valence-electron chi connectivity index (χ2n) is 4.77. The fourth-order valence-corrected chi connectivity index (χ4v) is 2.45. The Morgan fingerprint density at radius 1 is 1.53 bits per heavy atom. The lowest BCUT2D eigenvalue weighted by Gasteiger charge is -2.07. The van der Waals surface area contributed by atoms with E-state index in [4.69, 9.17) is 4.74 Å². The van der Waals surface area contributed by atoms with Gasteiger partial charge in [-0.05, 0) is 38.0 Å². The summed E-state index contributed by atoms with van der Waals surface area (Å²) in [6.07, 6.45) is 4.29. The molecule has 2 aromatic rings. The van der Waals surface area contributed by atoms with Crippen LogP contribution in [0.2, 0.25) is 0 Å². The highest BCUT2D eigenvalue weighted by Gasteiger charge is 2.28. The van der Waals surface area contributed by atoms with Crippen molar-refractivity contribution in [2.45, 2.75) is 25.8 Å². The maximum absolute atomic E-state index is 12.1. The van der Waals surface area contributed by atoms with Gasteiger partial charge in [0.15, 0.2) is 0 Å². The minimum atomic E-state index is -0.0726. The monoisotopic (exact) mass is 257 g/mol. The molecule has 0 spiro atoms. The molecule has 1 radical (unpaired) electrons. The third kappa shape index (κ3) is 1.97. The molecule has 3 rings (SSSR count). The first kappa shape index (κ1) is 12.1. The van der Waals surface area contributed by atoms with Gasteiger partial charge in [0, 0.05) is 19.3 Å². The highest BCUT2D eigenvalue weighted by Crippen LogP contribution is 2.41. The predicted molar refractivity (Wildman–Crippen MR) is 73.6 cm³/mol. The Hall–Kier alpha value is -1.97. The van der Waals surface area contributed by atoms with Gasteiger partial charge in [-0.2, -0.15) is 0 Å². The Bertz CT molecular complexity index is 626. The molecule has 0 atom stereocenters. The number of benzene rings is 1. The van der Waals surface area contributed by atoms with Crippen LogP contribution in [0.3, 0.4) is 0 Å². The van der Waals surface area contributed by atoms with Gasteiger partial charge in [0.2, 0.25) is 0 Å². The summed E-state index contributed by atoms with van der Waals surface area (Å²) in [5, 5.41) is 3.59. The summed E-state index contributed by atoms with van der Waals surface area (Å²) in [6, 6.07) is 7.36. The Kier molecular flexibility index (Phi) is 2.93. The average Bonchev–Trinajstić information content (AvgIpc) is 3.19. The third-order valence-electron chi connectivity index (χ3n) is 3.46. The van der Waals surface area contributed by atoms with Crippen LogP contribution < -0.4 is 10.1 Å². The number of aromatic nitrogens is 1. The minimum absolute atomic E-state index is 0.0726. The number of carbonyl (C=O) groups is 1. The fourth-order valence-electron chi connectivity index (χ4n) is 2.45. The first-order valence-corrected chi connectivity index (χ1v) is 6.65. The number of fused-ring (bicyclic) bond motifs is 1. The number of amides is 1. The van der Waals surface area contributed by atoms with Crippen molar-refractivity contribution in [2.24, 2.45) is 0 Å². The van der Waals surface area contributed by atoms with Crippen molar-refractivity contribution in [3.63, 3.8) is 0 Å². The van der Waals surface area contributed by atoms with Gasteiger partial charge in [0.1, 0.15) is 5.75 Å². The molecule has 1 N–H and O–H groups in total. The van der Waals surface area contributed by atoms with Crippen LogP contribution in [0.25, 0.3) is 10.9 Å². The van der Waals surface area contributed by atoms with E-state index in [1.165, 1.54) is 12.8 Å². The van der Waals surface area contributed by atoms with E-state index in [1.54, 1.807) is 13.1 Å². The van der Waals surface area contributed by atoms with Crippen molar-refractivity contribution in [1.29, 1.82) is 0 Å². The Morgan fingerprint density at radius 3 is 2.95 bits per heavy atom. The van der Waals surface area contributed by atoms with Crippen molar-refractivity contribution >= 4 is 16.8 Å².